The Bertz CT molecular complexity index is 546. The maximum absolute atomic E-state index is 11.0. The summed E-state index contributed by atoms with van der Waals surface area (Å²) in [5.41, 5.74) is 7.32. The van der Waals surface area contributed by atoms with Gasteiger partial charge in [0.1, 0.15) is 11.4 Å². The summed E-state index contributed by atoms with van der Waals surface area (Å²) in [7, 11) is 0. The fourth-order valence-electron chi connectivity index (χ4n) is 1.74. The highest BCUT2D eigenvalue weighted by Gasteiger charge is 2.18. The lowest BCUT2D eigenvalue weighted by molar-refractivity contribution is 0.0697. The summed E-state index contributed by atoms with van der Waals surface area (Å²) >= 11 is 0. The molecule has 5 nitrogen and oxygen atoms in total. The number of carbonyl (C=O) groups is 1. The minimum absolute atomic E-state index is 0.0842. The van der Waals surface area contributed by atoms with Crippen LogP contribution in [0.5, 0.6) is 0 Å². The van der Waals surface area contributed by atoms with Gasteiger partial charge >= 0.3 is 5.97 Å². The molecule has 1 aromatic carbocycles. The van der Waals surface area contributed by atoms with Crippen LogP contribution in [0, 0.1) is 6.92 Å². The van der Waals surface area contributed by atoms with Gasteiger partial charge in [-0.3, -0.25) is 0 Å². The SMILES string of the molecule is Cc1nn(Cc2ccccc2)c(N)c1C(=O)O. The summed E-state index contributed by atoms with van der Waals surface area (Å²) in [6.45, 7) is 2.11. The molecule has 0 unspecified atom stereocenters. The molecule has 0 aliphatic heterocycles. The van der Waals surface area contributed by atoms with Crippen molar-refractivity contribution in [2.75, 3.05) is 5.73 Å². The van der Waals surface area contributed by atoms with Gasteiger partial charge in [0.05, 0.1) is 12.2 Å². The number of aryl methyl sites for hydroxylation is 1. The normalized spacial score (nSPS) is 10.4. The van der Waals surface area contributed by atoms with Crippen molar-refractivity contribution in [2.24, 2.45) is 0 Å². The fraction of sp³-hybridized carbons (Fsp3) is 0.167. The van der Waals surface area contributed by atoms with Crippen LogP contribution in [0.2, 0.25) is 0 Å². The standard InChI is InChI=1S/C12H13N3O2/c1-8-10(12(16)17)11(13)15(14-8)7-9-5-3-2-4-6-9/h2-6H,7,13H2,1H3,(H,16,17). The van der Waals surface area contributed by atoms with Gasteiger partial charge in [-0.25, -0.2) is 9.48 Å². The zero-order valence-corrected chi connectivity index (χ0v) is 9.42. The molecule has 0 bridgehead atoms. The summed E-state index contributed by atoms with van der Waals surface area (Å²) in [5.74, 6) is -0.849. The van der Waals surface area contributed by atoms with Crippen molar-refractivity contribution in [2.45, 2.75) is 13.5 Å². The zero-order chi connectivity index (χ0) is 12.4. The Morgan fingerprint density at radius 1 is 1.41 bits per heavy atom. The Kier molecular flexibility index (Phi) is 2.82. The molecule has 17 heavy (non-hydrogen) atoms. The molecule has 0 saturated heterocycles. The molecule has 2 rings (SSSR count). The van der Waals surface area contributed by atoms with E-state index in [2.05, 4.69) is 5.10 Å². The molecule has 2 aromatic rings. The van der Waals surface area contributed by atoms with Gasteiger partial charge in [0.15, 0.2) is 0 Å². The number of anilines is 1. The Labute approximate surface area is 98.5 Å². The lowest BCUT2D eigenvalue weighted by Gasteiger charge is -2.04. The van der Waals surface area contributed by atoms with Gasteiger partial charge < -0.3 is 10.8 Å². The lowest BCUT2D eigenvalue weighted by Crippen LogP contribution is -2.08. The Hall–Kier alpha value is -2.30. The molecule has 0 radical (unpaired) electrons. The van der Waals surface area contributed by atoms with Crippen molar-refractivity contribution >= 4 is 11.8 Å². The monoisotopic (exact) mass is 231 g/mol. The number of hydrogen-bond donors (Lipinski definition) is 2. The highest BCUT2D eigenvalue weighted by molar-refractivity contribution is 5.94. The molecular weight excluding hydrogens is 218 g/mol. The van der Waals surface area contributed by atoms with E-state index in [0.29, 0.717) is 12.2 Å². The number of nitrogens with two attached hydrogens (primary N) is 1. The average molecular weight is 231 g/mol. The van der Waals surface area contributed by atoms with E-state index >= 15 is 0 Å². The second-order valence-electron chi connectivity index (χ2n) is 3.79. The topological polar surface area (TPSA) is 81.1 Å². The molecule has 0 fully saturated rings. The Morgan fingerprint density at radius 3 is 2.59 bits per heavy atom. The molecular formula is C12H13N3O2. The first kappa shape index (κ1) is 11.2. The van der Waals surface area contributed by atoms with Crippen LogP contribution in [0.3, 0.4) is 0 Å². The molecule has 0 amide bonds. The smallest absolute Gasteiger partial charge is 0.341 e. The number of hydrogen-bond acceptors (Lipinski definition) is 3. The van der Waals surface area contributed by atoms with E-state index < -0.39 is 5.97 Å². The predicted octanol–water partition coefficient (Wildman–Crippen LogP) is 1.52. The molecule has 1 aromatic heterocycles. The quantitative estimate of drug-likeness (QED) is 0.839. The van der Waals surface area contributed by atoms with Crippen LogP contribution in [0.15, 0.2) is 30.3 Å². The molecule has 0 aliphatic rings. The number of rotatable bonds is 3. The van der Waals surface area contributed by atoms with Crippen LogP contribution in [-0.2, 0) is 6.54 Å². The maximum Gasteiger partial charge on any atom is 0.341 e. The second kappa shape index (κ2) is 4.29. The van der Waals surface area contributed by atoms with Crippen molar-refractivity contribution in [1.29, 1.82) is 0 Å². The molecule has 1 heterocycles. The lowest BCUT2D eigenvalue weighted by atomic mass is 10.2. The van der Waals surface area contributed by atoms with E-state index in [1.807, 2.05) is 30.3 Å². The first-order chi connectivity index (χ1) is 8.09. The molecule has 88 valence electrons. The van der Waals surface area contributed by atoms with Gasteiger partial charge in [-0.05, 0) is 12.5 Å². The number of carboxylic acids is 1. The van der Waals surface area contributed by atoms with Gasteiger partial charge in [0.25, 0.3) is 0 Å². The van der Waals surface area contributed by atoms with Crippen LogP contribution in [0.4, 0.5) is 5.82 Å². The number of carboxylic acid groups (broad SMARTS) is 1. The predicted molar refractivity (Wildman–Crippen MR) is 63.9 cm³/mol. The first-order valence-electron chi connectivity index (χ1n) is 5.19. The maximum atomic E-state index is 11.0. The van der Waals surface area contributed by atoms with Crippen molar-refractivity contribution in [1.82, 2.24) is 9.78 Å². The number of aromatic carboxylic acids is 1. The minimum Gasteiger partial charge on any atom is -0.477 e. The van der Waals surface area contributed by atoms with Crippen LogP contribution in [0.1, 0.15) is 21.6 Å². The van der Waals surface area contributed by atoms with E-state index in [1.165, 1.54) is 4.68 Å². The fourth-order valence-corrected chi connectivity index (χ4v) is 1.74. The van der Waals surface area contributed by atoms with Gasteiger partial charge in [0.2, 0.25) is 0 Å². The van der Waals surface area contributed by atoms with Gasteiger partial charge in [-0.1, -0.05) is 30.3 Å². The third kappa shape index (κ3) is 2.13. The van der Waals surface area contributed by atoms with Gasteiger partial charge in [0, 0.05) is 0 Å². The van der Waals surface area contributed by atoms with E-state index in [4.69, 9.17) is 10.8 Å². The highest BCUT2D eigenvalue weighted by Crippen LogP contribution is 2.17. The van der Waals surface area contributed by atoms with Gasteiger partial charge in [-0.2, -0.15) is 5.10 Å². The second-order valence-corrected chi connectivity index (χ2v) is 3.79. The van der Waals surface area contributed by atoms with Crippen LogP contribution in [0.25, 0.3) is 0 Å². The molecule has 5 heteroatoms. The molecule has 0 aliphatic carbocycles. The van der Waals surface area contributed by atoms with Crippen molar-refractivity contribution in [3.8, 4) is 0 Å². The Morgan fingerprint density at radius 2 is 2.06 bits per heavy atom. The van der Waals surface area contributed by atoms with Crippen LogP contribution < -0.4 is 5.73 Å². The third-order valence-corrected chi connectivity index (χ3v) is 2.56. The Balaban J connectivity index is 2.35. The van der Waals surface area contributed by atoms with Crippen molar-refractivity contribution in [3.05, 3.63) is 47.2 Å². The van der Waals surface area contributed by atoms with E-state index in [9.17, 15) is 4.79 Å². The largest absolute Gasteiger partial charge is 0.477 e. The zero-order valence-electron chi connectivity index (χ0n) is 9.42. The van der Waals surface area contributed by atoms with Crippen molar-refractivity contribution in [3.63, 3.8) is 0 Å². The minimum atomic E-state index is -1.04. The summed E-state index contributed by atoms with van der Waals surface area (Å²) in [4.78, 5) is 11.0. The van der Waals surface area contributed by atoms with E-state index in [1.54, 1.807) is 6.92 Å². The first-order valence-corrected chi connectivity index (χ1v) is 5.19. The summed E-state index contributed by atoms with van der Waals surface area (Å²) in [5, 5.41) is 13.1. The number of aromatic nitrogens is 2. The molecule has 3 N–H and O–H groups in total. The molecule has 0 spiro atoms. The van der Waals surface area contributed by atoms with E-state index in [0.717, 1.165) is 5.56 Å². The summed E-state index contributed by atoms with van der Waals surface area (Å²) < 4.78 is 1.51. The van der Waals surface area contributed by atoms with E-state index in [-0.39, 0.29) is 11.4 Å². The molecule has 0 atom stereocenters. The average Bonchev–Trinajstić information content (AvgIpc) is 2.55. The number of benzene rings is 1. The summed E-state index contributed by atoms with van der Waals surface area (Å²) in [6, 6.07) is 9.64. The van der Waals surface area contributed by atoms with Crippen LogP contribution in [-0.4, -0.2) is 20.9 Å². The summed E-state index contributed by atoms with van der Waals surface area (Å²) in [6.07, 6.45) is 0. The van der Waals surface area contributed by atoms with Crippen molar-refractivity contribution < 1.29 is 9.90 Å². The third-order valence-electron chi connectivity index (χ3n) is 2.56. The highest BCUT2D eigenvalue weighted by atomic mass is 16.4. The number of nitrogens with zero attached hydrogens (tertiary/aromatic N) is 2. The molecule has 0 saturated carbocycles. The number of nitrogen functional groups attached to an aromatic ring is 1. The van der Waals surface area contributed by atoms with Crippen LogP contribution >= 0.6 is 0 Å². The van der Waals surface area contributed by atoms with Gasteiger partial charge in [-0.15, -0.1) is 0 Å².